The minimum atomic E-state index is -0.667. The zero-order valence-electron chi connectivity index (χ0n) is 25.1. The van der Waals surface area contributed by atoms with Crippen LogP contribution in [0.2, 0.25) is 0 Å². The first kappa shape index (κ1) is 38.9. The normalized spacial score (nSPS) is 12.8. The molecular formula is C30H64O5. The van der Waals surface area contributed by atoms with E-state index in [0.29, 0.717) is 17.8 Å². The summed E-state index contributed by atoms with van der Waals surface area (Å²) in [6.45, 7) is 18.9. The Bertz CT molecular complexity index is 440. The molecule has 5 heteroatoms. The van der Waals surface area contributed by atoms with Gasteiger partial charge in [-0.1, -0.05) is 114 Å². The van der Waals surface area contributed by atoms with Gasteiger partial charge in [-0.25, -0.2) is 0 Å². The van der Waals surface area contributed by atoms with E-state index in [1.54, 1.807) is 0 Å². The maximum absolute atomic E-state index is 11.4. The number of carbonyl (C=O) groups is 1. The first-order valence-corrected chi connectivity index (χ1v) is 14.6. The number of carboxylic acid groups (broad SMARTS) is 1. The Morgan fingerprint density at radius 1 is 0.629 bits per heavy atom. The van der Waals surface area contributed by atoms with E-state index < -0.39 is 16.8 Å². The Kier molecular flexibility index (Phi) is 25.0. The number of unbranched alkanes of at least 4 members (excludes halogenated alkanes) is 2. The van der Waals surface area contributed by atoms with E-state index in [0.717, 1.165) is 32.1 Å². The second kappa shape index (κ2) is 22.5. The minimum absolute atomic E-state index is 0.156. The van der Waals surface area contributed by atoms with E-state index in [-0.39, 0.29) is 19.8 Å². The van der Waals surface area contributed by atoms with Crippen LogP contribution < -0.4 is 0 Å². The van der Waals surface area contributed by atoms with Crippen LogP contribution in [0.4, 0.5) is 0 Å². The zero-order chi connectivity index (χ0) is 28.0. The van der Waals surface area contributed by atoms with Gasteiger partial charge in [0.15, 0.2) is 0 Å². The second-order valence-corrected chi connectivity index (χ2v) is 10.4. The molecule has 0 aliphatic carbocycles. The van der Waals surface area contributed by atoms with Gasteiger partial charge < -0.3 is 20.4 Å². The van der Waals surface area contributed by atoms with Gasteiger partial charge in [-0.3, -0.25) is 4.79 Å². The third-order valence-corrected chi connectivity index (χ3v) is 8.92. The van der Waals surface area contributed by atoms with Crippen molar-refractivity contribution < 1.29 is 25.2 Å². The van der Waals surface area contributed by atoms with E-state index in [1.165, 1.54) is 44.9 Å². The fraction of sp³-hybridized carbons (Fsp3) is 0.967. The molecule has 0 heterocycles. The summed E-state index contributed by atoms with van der Waals surface area (Å²) in [6.07, 6.45) is 14.9. The van der Waals surface area contributed by atoms with Crippen molar-refractivity contribution in [2.75, 3.05) is 19.8 Å². The zero-order valence-corrected chi connectivity index (χ0v) is 25.1. The predicted octanol–water partition coefficient (Wildman–Crippen LogP) is 7.85. The fourth-order valence-corrected chi connectivity index (χ4v) is 5.04. The van der Waals surface area contributed by atoms with Crippen LogP contribution in [-0.4, -0.2) is 46.2 Å². The van der Waals surface area contributed by atoms with Crippen molar-refractivity contribution in [3.05, 3.63) is 0 Å². The molecule has 5 nitrogen and oxygen atoms in total. The Hall–Kier alpha value is -0.650. The van der Waals surface area contributed by atoms with Crippen molar-refractivity contribution in [2.45, 2.75) is 146 Å². The molecule has 0 saturated heterocycles. The van der Waals surface area contributed by atoms with Gasteiger partial charge in [-0.05, 0) is 43.4 Å². The highest BCUT2D eigenvalue weighted by molar-refractivity contribution is 5.74. The van der Waals surface area contributed by atoms with Crippen molar-refractivity contribution in [3.63, 3.8) is 0 Å². The number of hydrogen-bond acceptors (Lipinski definition) is 4. The van der Waals surface area contributed by atoms with Crippen molar-refractivity contribution >= 4 is 5.97 Å². The van der Waals surface area contributed by atoms with Crippen molar-refractivity contribution in [1.82, 2.24) is 0 Å². The summed E-state index contributed by atoms with van der Waals surface area (Å²) in [4.78, 5) is 11.4. The van der Waals surface area contributed by atoms with Crippen LogP contribution in [0.15, 0.2) is 0 Å². The van der Waals surface area contributed by atoms with Crippen LogP contribution in [0, 0.1) is 22.2 Å². The smallest absolute Gasteiger partial charge is 0.309 e. The largest absolute Gasteiger partial charge is 0.481 e. The molecule has 0 fully saturated rings. The van der Waals surface area contributed by atoms with Crippen molar-refractivity contribution in [2.24, 2.45) is 22.2 Å². The summed E-state index contributed by atoms with van der Waals surface area (Å²) >= 11 is 0. The number of rotatable bonds is 18. The second-order valence-electron chi connectivity index (χ2n) is 10.4. The lowest BCUT2D eigenvalue weighted by Gasteiger charge is -2.35. The molecule has 0 rings (SSSR count). The SMILES string of the molecule is CCC(CO)(CO)CO.CCCC(CC)C(CC)(CC)C(=O)O.CCCCCC(CC)(CC)CC. The molecule has 0 radical (unpaired) electrons. The first-order chi connectivity index (χ1) is 16.6. The highest BCUT2D eigenvalue weighted by Crippen LogP contribution is 2.40. The molecule has 0 aliphatic rings. The molecule has 1 atom stereocenters. The van der Waals surface area contributed by atoms with Crippen LogP contribution in [0.3, 0.4) is 0 Å². The molecule has 0 amide bonds. The molecule has 35 heavy (non-hydrogen) atoms. The van der Waals surface area contributed by atoms with Crippen LogP contribution in [0.25, 0.3) is 0 Å². The number of aliphatic hydroxyl groups excluding tert-OH is 3. The van der Waals surface area contributed by atoms with E-state index in [9.17, 15) is 9.90 Å². The number of aliphatic carboxylic acids is 1. The molecule has 0 bridgehead atoms. The summed E-state index contributed by atoms with van der Waals surface area (Å²) < 4.78 is 0. The average molecular weight is 505 g/mol. The first-order valence-electron chi connectivity index (χ1n) is 14.6. The third-order valence-electron chi connectivity index (χ3n) is 8.92. The number of carboxylic acids is 1. The molecule has 0 aromatic carbocycles. The van der Waals surface area contributed by atoms with Crippen molar-refractivity contribution in [1.29, 1.82) is 0 Å². The summed E-state index contributed by atoms with van der Waals surface area (Å²) in [5.41, 5.74) is -0.472. The van der Waals surface area contributed by atoms with Gasteiger partial charge in [-0.15, -0.1) is 0 Å². The average Bonchev–Trinajstić information content (AvgIpc) is 2.89. The van der Waals surface area contributed by atoms with Crippen molar-refractivity contribution in [3.8, 4) is 0 Å². The van der Waals surface area contributed by atoms with Crippen LogP contribution in [-0.2, 0) is 4.79 Å². The minimum Gasteiger partial charge on any atom is -0.481 e. The Labute approximate surface area is 219 Å². The van der Waals surface area contributed by atoms with Crippen LogP contribution in [0.1, 0.15) is 146 Å². The van der Waals surface area contributed by atoms with Gasteiger partial charge in [0.05, 0.1) is 25.2 Å². The van der Waals surface area contributed by atoms with Gasteiger partial charge >= 0.3 is 5.97 Å². The molecule has 0 aromatic rings. The van der Waals surface area contributed by atoms with Gasteiger partial charge in [0.25, 0.3) is 0 Å². The molecule has 4 N–H and O–H groups in total. The molecule has 0 aliphatic heterocycles. The number of hydrogen-bond donors (Lipinski definition) is 4. The lowest BCUT2D eigenvalue weighted by Crippen LogP contribution is -2.37. The molecule has 0 saturated carbocycles. The monoisotopic (exact) mass is 504 g/mol. The molecule has 0 spiro atoms. The van der Waals surface area contributed by atoms with E-state index >= 15 is 0 Å². The summed E-state index contributed by atoms with van der Waals surface area (Å²) in [6, 6.07) is 0. The third kappa shape index (κ3) is 13.5. The lowest BCUT2D eigenvalue weighted by molar-refractivity contribution is -0.153. The fourth-order valence-electron chi connectivity index (χ4n) is 5.04. The summed E-state index contributed by atoms with van der Waals surface area (Å²) in [5, 5.41) is 35.3. The summed E-state index contributed by atoms with van der Waals surface area (Å²) in [7, 11) is 0. The molecular weight excluding hydrogens is 440 g/mol. The quantitative estimate of drug-likeness (QED) is 0.142. The van der Waals surface area contributed by atoms with Gasteiger partial charge in [0, 0.05) is 5.41 Å². The Morgan fingerprint density at radius 3 is 1.26 bits per heavy atom. The van der Waals surface area contributed by atoms with Gasteiger partial charge in [0.2, 0.25) is 0 Å². The topological polar surface area (TPSA) is 98.0 Å². The van der Waals surface area contributed by atoms with Crippen LogP contribution in [0.5, 0.6) is 0 Å². The number of aliphatic hydroxyl groups is 3. The van der Waals surface area contributed by atoms with E-state index in [2.05, 4.69) is 41.5 Å². The Balaban J connectivity index is -0.000000450. The maximum Gasteiger partial charge on any atom is 0.309 e. The molecule has 214 valence electrons. The van der Waals surface area contributed by atoms with E-state index in [1.807, 2.05) is 20.8 Å². The highest BCUT2D eigenvalue weighted by atomic mass is 16.4. The highest BCUT2D eigenvalue weighted by Gasteiger charge is 2.41. The Morgan fingerprint density at radius 2 is 1.06 bits per heavy atom. The lowest BCUT2D eigenvalue weighted by atomic mass is 9.68. The van der Waals surface area contributed by atoms with Gasteiger partial charge in [0.1, 0.15) is 0 Å². The molecule has 1 unspecified atom stereocenters. The van der Waals surface area contributed by atoms with Crippen LogP contribution >= 0.6 is 0 Å². The standard InChI is InChI=1S/C12H24O2.C12H26.C6H14O3/c1-5-9-10(6-2)12(7-3,8-4)11(13)14;1-5-9-10-11-12(6-2,7-3)8-4;1-2-6(3-7,4-8)5-9/h10H,5-9H2,1-4H3,(H,13,14);5-11H2,1-4H3;7-9H,2-5H2,1H3. The molecule has 0 aromatic heterocycles. The summed E-state index contributed by atoms with van der Waals surface area (Å²) in [5.74, 6) is -0.275. The predicted molar refractivity (Wildman–Crippen MR) is 151 cm³/mol. The van der Waals surface area contributed by atoms with E-state index in [4.69, 9.17) is 15.3 Å². The maximum atomic E-state index is 11.4. The van der Waals surface area contributed by atoms with Gasteiger partial charge in [-0.2, -0.15) is 0 Å².